The van der Waals surface area contributed by atoms with Crippen molar-refractivity contribution in [1.29, 1.82) is 0 Å². The van der Waals surface area contributed by atoms with Crippen molar-refractivity contribution in [2.45, 2.75) is 64.8 Å². The Morgan fingerprint density at radius 3 is 2.27 bits per heavy atom. The van der Waals surface area contributed by atoms with E-state index in [1.807, 2.05) is 0 Å². The number of aliphatic hydroxyl groups is 1. The number of nitro benzene ring substituents is 1. The van der Waals surface area contributed by atoms with Gasteiger partial charge in [-0.1, -0.05) is 12.1 Å². The van der Waals surface area contributed by atoms with Crippen LogP contribution in [0.25, 0.3) is 0 Å². The Hall–Kier alpha value is -2.81. The fraction of sp³-hybridized carbons (Fsp3) is 0.571. The van der Waals surface area contributed by atoms with Gasteiger partial charge in [0.1, 0.15) is 5.92 Å². The predicted molar refractivity (Wildman–Crippen MR) is 106 cm³/mol. The second-order valence-electron chi connectivity index (χ2n) is 8.30. The van der Waals surface area contributed by atoms with E-state index in [1.165, 1.54) is 31.2 Å². The minimum absolute atomic E-state index is 0.203. The first-order valence-electron chi connectivity index (χ1n) is 9.75. The van der Waals surface area contributed by atoms with E-state index in [4.69, 9.17) is 9.47 Å². The molecule has 9 nitrogen and oxygen atoms in total. The Morgan fingerprint density at radius 2 is 1.73 bits per heavy atom. The van der Waals surface area contributed by atoms with Crippen LogP contribution in [0.3, 0.4) is 0 Å². The lowest BCUT2D eigenvalue weighted by Crippen LogP contribution is -2.55. The summed E-state index contributed by atoms with van der Waals surface area (Å²) in [6, 6.07) is 5.34. The van der Waals surface area contributed by atoms with Crippen molar-refractivity contribution in [2.24, 2.45) is 11.8 Å². The van der Waals surface area contributed by atoms with Crippen LogP contribution in [-0.4, -0.2) is 45.6 Å². The highest BCUT2D eigenvalue weighted by molar-refractivity contribution is 6.02. The molecular weight excluding hydrogens is 394 g/mol. The normalized spacial score (nSPS) is 26.5. The number of nitrogens with zero attached hydrogens (tertiary/aromatic N) is 1. The average Bonchev–Trinajstić information content (AvgIpc) is 2.58. The summed E-state index contributed by atoms with van der Waals surface area (Å²) in [5.41, 5.74) is -1.88. The molecule has 1 aromatic carbocycles. The standard InChI is InChI=1S/C21H27NO8/c1-11(2)29-19(24)17-15(23)10-21(5,26)18(20(25)30-12(3)4)16(17)13-7-6-8-14(9-13)22(27)28/h6-9,11-12,16-18,26H,10H2,1-5H3/t16-,17+,18-,21-/m1/s1. The maximum Gasteiger partial charge on any atom is 0.317 e. The number of non-ortho nitro benzene ring substituents is 1. The Bertz CT molecular complexity index is 837. The Labute approximate surface area is 174 Å². The van der Waals surface area contributed by atoms with Gasteiger partial charge in [0.15, 0.2) is 5.78 Å². The number of esters is 2. The van der Waals surface area contributed by atoms with Gasteiger partial charge in [-0.3, -0.25) is 24.5 Å². The number of carbonyl (C=O) groups is 3. The smallest absolute Gasteiger partial charge is 0.317 e. The fourth-order valence-corrected chi connectivity index (χ4v) is 3.87. The summed E-state index contributed by atoms with van der Waals surface area (Å²) in [5, 5.41) is 22.2. The third kappa shape index (κ3) is 5.02. The van der Waals surface area contributed by atoms with E-state index < -0.39 is 64.6 Å². The molecule has 1 aromatic rings. The Kier molecular flexibility index (Phi) is 6.97. The second kappa shape index (κ2) is 8.91. The summed E-state index contributed by atoms with van der Waals surface area (Å²) in [6.07, 6.45) is -1.47. The zero-order chi connectivity index (χ0) is 22.8. The van der Waals surface area contributed by atoms with Crippen molar-refractivity contribution in [1.82, 2.24) is 0 Å². The molecule has 4 atom stereocenters. The molecule has 0 radical (unpaired) electrons. The van der Waals surface area contributed by atoms with Gasteiger partial charge in [0, 0.05) is 24.5 Å². The van der Waals surface area contributed by atoms with Crippen LogP contribution in [0.2, 0.25) is 0 Å². The second-order valence-corrected chi connectivity index (χ2v) is 8.30. The van der Waals surface area contributed by atoms with Crippen LogP contribution in [0.5, 0.6) is 0 Å². The molecule has 0 amide bonds. The quantitative estimate of drug-likeness (QED) is 0.321. The molecule has 1 aliphatic carbocycles. The first kappa shape index (κ1) is 23.5. The van der Waals surface area contributed by atoms with Crippen molar-refractivity contribution in [3.05, 3.63) is 39.9 Å². The molecule has 1 fully saturated rings. The minimum Gasteiger partial charge on any atom is -0.463 e. The molecule has 0 unspecified atom stereocenters. The molecule has 0 bridgehead atoms. The van der Waals surface area contributed by atoms with Gasteiger partial charge in [-0.25, -0.2) is 0 Å². The van der Waals surface area contributed by atoms with Crippen molar-refractivity contribution in [3.8, 4) is 0 Å². The molecule has 0 heterocycles. The van der Waals surface area contributed by atoms with Crippen molar-refractivity contribution < 1.29 is 33.9 Å². The van der Waals surface area contributed by atoms with Crippen LogP contribution in [0, 0.1) is 22.0 Å². The van der Waals surface area contributed by atoms with E-state index in [1.54, 1.807) is 27.7 Å². The van der Waals surface area contributed by atoms with Crippen LogP contribution < -0.4 is 0 Å². The van der Waals surface area contributed by atoms with Crippen molar-refractivity contribution in [3.63, 3.8) is 0 Å². The number of ketones is 1. The molecule has 0 aromatic heterocycles. The van der Waals surface area contributed by atoms with E-state index in [0.29, 0.717) is 0 Å². The van der Waals surface area contributed by atoms with Gasteiger partial charge in [-0.2, -0.15) is 0 Å². The first-order chi connectivity index (χ1) is 13.8. The molecule has 0 spiro atoms. The molecule has 1 N–H and O–H groups in total. The van der Waals surface area contributed by atoms with Crippen LogP contribution in [-0.2, 0) is 23.9 Å². The Balaban J connectivity index is 2.67. The van der Waals surface area contributed by atoms with Gasteiger partial charge in [0.2, 0.25) is 0 Å². The molecule has 2 rings (SSSR count). The fourth-order valence-electron chi connectivity index (χ4n) is 3.87. The average molecular weight is 421 g/mol. The molecule has 0 aliphatic heterocycles. The third-order valence-corrected chi connectivity index (χ3v) is 4.94. The maximum absolute atomic E-state index is 12.9. The van der Waals surface area contributed by atoms with E-state index in [9.17, 15) is 29.6 Å². The van der Waals surface area contributed by atoms with Gasteiger partial charge in [-0.05, 0) is 40.2 Å². The predicted octanol–water partition coefficient (Wildman–Crippen LogP) is 2.54. The summed E-state index contributed by atoms with van der Waals surface area (Å²) < 4.78 is 10.5. The molecule has 0 saturated heterocycles. The number of benzene rings is 1. The number of carbonyl (C=O) groups excluding carboxylic acids is 3. The summed E-state index contributed by atoms with van der Waals surface area (Å²) in [5.74, 6) is -6.12. The van der Waals surface area contributed by atoms with Gasteiger partial charge in [0.25, 0.3) is 5.69 Å². The van der Waals surface area contributed by atoms with Crippen LogP contribution in [0.4, 0.5) is 5.69 Å². The van der Waals surface area contributed by atoms with Crippen LogP contribution in [0.1, 0.15) is 52.5 Å². The molecule has 9 heteroatoms. The number of nitro groups is 1. The number of hydrogen-bond donors (Lipinski definition) is 1. The van der Waals surface area contributed by atoms with Crippen LogP contribution in [0.15, 0.2) is 24.3 Å². The summed E-state index contributed by atoms with van der Waals surface area (Å²) in [4.78, 5) is 49.3. The molecule has 30 heavy (non-hydrogen) atoms. The lowest BCUT2D eigenvalue weighted by molar-refractivity contribution is -0.385. The van der Waals surface area contributed by atoms with Gasteiger partial charge >= 0.3 is 11.9 Å². The van der Waals surface area contributed by atoms with E-state index in [0.717, 1.165) is 0 Å². The SMILES string of the molecule is CC(C)OC(=O)[C@H]1C(=O)C[C@@](C)(O)[C@@H](C(=O)OC(C)C)[C@@H]1c1cccc([N+](=O)[O-])c1. The highest BCUT2D eigenvalue weighted by Gasteiger charge is 2.57. The number of hydrogen-bond acceptors (Lipinski definition) is 8. The number of Topliss-reactive ketones (excluding diaryl/α,β-unsaturated/α-hetero) is 1. The van der Waals surface area contributed by atoms with Crippen molar-refractivity contribution >= 4 is 23.4 Å². The molecule has 164 valence electrons. The molecule has 1 aliphatic rings. The summed E-state index contributed by atoms with van der Waals surface area (Å²) >= 11 is 0. The third-order valence-electron chi connectivity index (χ3n) is 4.94. The highest BCUT2D eigenvalue weighted by atomic mass is 16.6. The highest BCUT2D eigenvalue weighted by Crippen LogP contribution is 2.47. The summed E-state index contributed by atoms with van der Waals surface area (Å²) in [7, 11) is 0. The lowest BCUT2D eigenvalue weighted by Gasteiger charge is -2.43. The number of ether oxygens (including phenoxy) is 2. The topological polar surface area (TPSA) is 133 Å². The van der Waals surface area contributed by atoms with E-state index in [-0.39, 0.29) is 11.3 Å². The largest absolute Gasteiger partial charge is 0.463 e. The summed E-state index contributed by atoms with van der Waals surface area (Å²) in [6.45, 7) is 7.83. The minimum atomic E-state index is -1.81. The van der Waals surface area contributed by atoms with E-state index >= 15 is 0 Å². The number of rotatable bonds is 6. The monoisotopic (exact) mass is 421 g/mol. The first-order valence-corrected chi connectivity index (χ1v) is 9.75. The maximum atomic E-state index is 12.9. The molecular formula is C21H27NO8. The zero-order valence-corrected chi connectivity index (χ0v) is 17.7. The van der Waals surface area contributed by atoms with Gasteiger partial charge in [0.05, 0.1) is 28.7 Å². The molecule has 1 saturated carbocycles. The van der Waals surface area contributed by atoms with Gasteiger partial charge < -0.3 is 14.6 Å². The van der Waals surface area contributed by atoms with E-state index in [2.05, 4.69) is 0 Å². The Morgan fingerprint density at radius 1 is 1.17 bits per heavy atom. The van der Waals surface area contributed by atoms with Gasteiger partial charge in [-0.15, -0.1) is 0 Å². The van der Waals surface area contributed by atoms with Crippen LogP contribution >= 0.6 is 0 Å². The zero-order valence-electron chi connectivity index (χ0n) is 17.7. The lowest BCUT2D eigenvalue weighted by atomic mass is 9.61. The van der Waals surface area contributed by atoms with Crippen molar-refractivity contribution in [2.75, 3.05) is 0 Å².